The molecule has 0 saturated carbocycles. The number of carbonyl (C=O) groups excluding carboxylic acids is 1. The minimum Gasteiger partial charge on any atom is -0.481 e. The van der Waals surface area contributed by atoms with Crippen molar-refractivity contribution in [2.45, 2.75) is 58.0 Å². The Bertz CT molecular complexity index is 903. The van der Waals surface area contributed by atoms with E-state index in [0.29, 0.717) is 24.5 Å². The predicted molar refractivity (Wildman–Crippen MR) is 120 cm³/mol. The van der Waals surface area contributed by atoms with Crippen molar-refractivity contribution in [3.8, 4) is 5.75 Å². The summed E-state index contributed by atoms with van der Waals surface area (Å²) in [5.41, 5.74) is 1.72. The van der Waals surface area contributed by atoms with Crippen molar-refractivity contribution in [3.05, 3.63) is 54.1 Å². The molecule has 0 aromatic heterocycles. The van der Waals surface area contributed by atoms with E-state index in [1.807, 2.05) is 38.1 Å². The molecular weight excluding hydrogens is 400 g/mol. The van der Waals surface area contributed by atoms with Gasteiger partial charge in [-0.15, -0.1) is 0 Å². The first-order valence-electron chi connectivity index (χ1n) is 10.5. The number of rotatable bonds is 11. The van der Waals surface area contributed by atoms with Crippen molar-refractivity contribution in [1.29, 1.82) is 0 Å². The molecule has 0 radical (unpaired) electrons. The Balaban J connectivity index is 2.02. The van der Waals surface area contributed by atoms with Crippen LogP contribution in [0.4, 0.5) is 5.69 Å². The largest absolute Gasteiger partial charge is 0.481 e. The zero-order valence-electron chi connectivity index (χ0n) is 18.2. The van der Waals surface area contributed by atoms with E-state index in [1.165, 1.54) is 22.0 Å². The molecule has 7 heteroatoms. The molecule has 1 unspecified atom stereocenters. The molecule has 164 valence electrons. The minimum absolute atomic E-state index is 0.225. The van der Waals surface area contributed by atoms with E-state index in [2.05, 4.69) is 12.2 Å². The molecule has 0 aliphatic heterocycles. The van der Waals surface area contributed by atoms with Gasteiger partial charge in [-0.3, -0.25) is 4.79 Å². The molecule has 1 amide bonds. The van der Waals surface area contributed by atoms with Crippen LogP contribution in [0.15, 0.2) is 53.4 Å². The Kier molecular flexibility index (Phi) is 8.87. The maximum Gasteiger partial charge on any atom is 0.265 e. The lowest BCUT2D eigenvalue weighted by Gasteiger charge is -2.21. The van der Waals surface area contributed by atoms with E-state index >= 15 is 0 Å². The standard InChI is InChI=1S/C23H32N2O4S/c1-5-16-25(17-6-2)30(27,28)22-14-10-20(11-15-22)24-23(26)18(4)29-21-12-8-19(7-3)9-13-21/h8-15,18H,5-7,16-17H2,1-4H3,(H,24,26). The number of carbonyl (C=O) groups is 1. The van der Waals surface area contributed by atoms with E-state index < -0.39 is 16.1 Å². The van der Waals surface area contributed by atoms with Crippen LogP contribution in [0, 0.1) is 0 Å². The number of aryl methyl sites for hydroxylation is 1. The highest BCUT2D eigenvalue weighted by molar-refractivity contribution is 7.89. The lowest BCUT2D eigenvalue weighted by atomic mass is 10.2. The van der Waals surface area contributed by atoms with Gasteiger partial charge in [0.05, 0.1) is 4.90 Å². The Labute approximate surface area is 180 Å². The van der Waals surface area contributed by atoms with Crippen molar-refractivity contribution in [2.75, 3.05) is 18.4 Å². The first-order chi connectivity index (χ1) is 14.3. The lowest BCUT2D eigenvalue weighted by Crippen LogP contribution is -2.32. The first kappa shape index (κ1) is 23.9. The van der Waals surface area contributed by atoms with Gasteiger partial charge < -0.3 is 10.1 Å². The maximum absolute atomic E-state index is 12.8. The maximum atomic E-state index is 12.8. The van der Waals surface area contributed by atoms with Crippen LogP contribution in [0.25, 0.3) is 0 Å². The summed E-state index contributed by atoms with van der Waals surface area (Å²) in [6.45, 7) is 8.64. The van der Waals surface area contributed by atoms with Crippen LogP contribution in [-0.2, 0) is 21.2 Å². The molecule has 0 bridgehead atoms. The van der Waals surface area contributed by atoms with E-state index in [1.54, 1.807) is 19.1 Å². The van der Waals surface area contributed by atoms with Gasteiger partial charge >= 0.3 is 0 Å². The summed E-state index contributed by atoms with van der Waals surface area (Å²) in [4.78, 5) is 12.7. The average molecular weight is 433 g/mol. The van der Waals surface area contributed by atoms with Crippen molar-refractivity contribution in [3.63, 3.8) is 0 Å². The smallest absolute Gasteiger partial charge is 0.265 e. The number of anilines is 1. The molecule has 0 aliphatic rings. The Morgan fingerprint density at radius 2 is 1.53 bits per heavy atom. The zero-order valence-corrected chi connectivity index (χ0v) is 19.0. The zero-order chi connectivity index (χ0) is 22.1. The molecule has 0 heterocycles. The number of hydrogen-bond acceptors (Lipinski definition) is 4. The third-order valence-electron chi connectivity index (χ3n) is 4.72. The third-order valence-corrected chi connectivity index (χ3v) is 6.63. The van der Waals surface area contributed by atoms with E-state index in [9.17, 15) is 13.2 Å². The highest BCUT2D eigenvalue weighted by Crippen LogP contribution is 2.20. The highest BCUT2D eigenvalue weighted by atomic mass is 32.2. The van der Waals surface area contributed by atoms with Gasteiger partial charge in [0, 0.05) is 18.8 Å². The van der Waals surface area contributed by atoms with Crippen molar-refractivity contribution >= 4 is 21.6 Å². The number of amides is 1. The number of ether oxygens (including phenoxy) is 1. The van der Waals surface area contributed by atoms with Crippen LogP contribution >= 0.6 is 0 Å². The Hall–Kier alpha value is -2.38. The van der Waals surface area contributed by atoms with Crippen molar-refractivity contribution in [2.24, 2.45) is 0 Å². The van der Waals surface area contributed by atoms with E-state index in [0.717, 1.165) is 19.3 Å². The number of nitrogens with one attached hydrogen (secondary N) is 1. The first-order valence-corrected chi connectivity index (χ1v) is 11.9. The summed E-state index contributed by atoms with van der Waals surface area (Å²) >= 11 is 0. The summed E-state index contributed by atoms with van der Waals surface area (Å²) in [6.07, 6.45) is 1.76. The van der Waals surface area contributed by atoms with Crippen LogP contribution in [0.1, 0.15) is 46.1 Å². The van der Waals surface area contributed by atoms with Crippen molar-refractivity contribution in [1.82, 2.24) is 4.31 Å². The number of nitrogens with zero attached hydrogens (tertiary/aromatic N) is 1. The molecule has 0 aliphatic carbocycles. The van der Waals surface area contributed by atoms with Gasteiger partial charge in [0.1, 0.15) is 5.75 Å². The van der Waals surface area contributed by atoms with Gasteiger partial charge in [0.15, 0.2) is 6.10 Å². The topological polar surface area (TPSA) is 75.7 Å². The second-order valence-electron chi connectivity index (χ2n) is 7.18. The normalized spacial score (nSPS) is 12.6. The fraction of sp³-hybridized carbons (Fsp3) is 0.435. The van der Waals surface area contributed by atoms with Crippen LogP contribution in [0.5, 0.6) is 5.75 Å². The molecule has 2 rings (SSSR count). The van der Waals surface area contributed by atoms with Gasteiger partial charge in [-0.1, -0.05) is 32.9 Å². The summed E-state index contributed by atoms with van der Waals surface area (Å²) in [5.74, 6) is 0.326. The van der Waals surface area contributed by atoms with Gasteiger partial charge in [-0.2, -0.15) is 4.31 Å². The van der Waals surface area contributed by atoms with Gasteiger partial charge in [-0.05, 0) is 68.1 Å². The number of benzene rings is 2. The molecule has 2 aromatic rings. The summed E-state index contributed by atoms with van der Waals surface area (Å²) < 4.78 is 32.8. The molecule has 1 N–H and O–H groups in total. The molecule has 30 heavy (non-hydrogen) atoms. The third kappa shape index (κ3) is 6.31. The summed E-state index contributed by atoms with van der Waals surface area (Å²) in [6, 6.07) is 13.9. The monoisotopic (exact) mass is 432 g/mol. The fourth-order valence-electron chi connectivity index (χ4n) is 3.02. The highest BCUT2D eigenvalue weighted by Gasteiger charge is 2.23. The van der Waals surface area contributed by atoms with Crippen LogP contribution in [0.2, 0.25) is 0 Å². The van der Waals surface area contributed by atoms with Crippen LogP contribution in [-0.4, -0.2) is 37.8 Å². The van der Waals surface area contributed by atoms with E-state index in [4.69, 9.17) is 4.74 Å². The molecule has 6 nitrogen and oxygen atoms in total. The van der Waals surface area contributed by atoms with Crippen LogP contribution < -0.4 is 10.1 Å². The van der Waals surface area contributed by atoms with Gasteiger partial charge in [0.2, 0.25) is 10.0 Å². The summed E-state index contributed by atoms with van der Waals surface area (Å²) in [7, 11) is -3.54. The van der Waals surface area contributed by atoms with Crippen molar-refractivity contribution < 1.29 is 17.9 Å². The predicted octanol–water partition coefficient (Wildman–Crippen LogP) is 4.47. The molecule has 2 aromatic carbocycles. The Morgan fingerprint density at radius 1 is 0.967 bits per heavy atom. The molecule has 0 saturated heterocycles. The SMILES string of the molecule is CCCN(CCC)S(=O)(=O)c1ccc(NC(=O)C(C)Oc2ccc(CC)cc2)cc1. The molecule has 1 atom stereocenters. The van der Waals surface area contributed by atoms with Crippen LogP contribution in [0.3, 0.4) is 0 Å². The minimum atomic E-state index is -3.54. The van der Waals surface area contributed by atoms with E-state index in [-0.39, 0.29) is 10.8 Å². The fourth-order valence-corrected chi connectivity index (χ4v) is 4.64. The summed E-state index contributed by atoms with van der Waals surface area (Å²) in [5, 5.41) is 2.77. The quantitative estimate of drug-likeness (QED) is 0.569. The average Bonchev–Trinajstić information content (AvgIpc) is 2.74. The Morgan fingerprint density at radius 3 is 2.03 bits per heavy atom. The van der Waals surface area contributed by atoms with Gasteiger partial charge in [0.25, 0.3) is 5.91 Å². The second-order valence-corrected chi connectivity index (χ2v) is 9.11. The lowest BCUT2D eigenvalue weighted by molar-refractivity contribution is -0.122. The molecule has 0 spiro atoms. The number of sulfonamides is 1. The molecule has 0 fully saturated rings. The van der Waals surface area contributed by atoms with Gasteiger partial charge in [-0.25, -0.2) is 8.42 Å². The molecular formula is C23H32N2O4S. The second kappa shape index (κ2) is 11.1. The number of hydrogen-bond donors (Lipinski definition) is 1.